The third-order valence-electron chi connectivity index (χ3n) is 0. The van der Waals surface area contributed by atoms with Gasteiger partial charge < -0.3 is 11.6 Å². The molecule has 0 bridgehead atoms. The fraction of sp³-hybridized carbons (Fsp3) is 0. The van der Waals surface area contributed by atoms with Gasteiger partial charge in [-0.1, -0.05) is 0 Å². The van der Waals surface area contributed by atoms with E-state index in [1.54, 1.807) is 0 Å². The predicted octanol–water partition coefficient (Wildman–Crippen LogP) is -1.16. The van der Waals surface area contributed by atoms with E-state index in [2.05, 4.69) is 0 Å². The molecule has 4 heavy (non-hydrogen) atoms. The van der Waals surface area contributed by atoms with E-state index in [9.17, 15) is 0 Å². The van der Waals surface area contributed by atoms with Crippen LogP contribution in [-0.2, 0) is 0 Å². The second-order valence-corrected chi connectivity index (χ2v) is 0. The Labute approximate surface area is 61.3 Å². The topological polar surface area (TPSA) is 66.5 Å². The first-order valence-corrected chi connectivity index (χ1v) is 0. The Bertz CT molecular complexity index is 8.00. The zero-order valence-electron chi connectivity index (χ0n) is 1.62. The van der Waals surface area contributed by atoms with Crippen LogP contribution in [0.15, 0.2) is 0 Å². The second kappa shape index (κ2) is 24.9. The molecule has 0 aliphatic heterocycles. The average Bonchev–Trinajstić information content (AvgIpc) is 0. The summed E-state index contributed by atoms with van der Waals surface area (Å²) in [5, 5.41) is 0. The summed E-state index contributed by atoms with van der Waals surface area (Å²) in [6, 6.07) is 0. The number of halogens is 1. The molecule has 0 aliphatic rings. The molecule has 0 aromatic carbocycles. The Morgan fingerprint density at radius 2 is 1.00 bits per heavy atom. The van der Waals surface area contributed by atoms with Gasteiger partial charge in [-0.2, -0.15) is 0 Å². The van der Waals surface area contributed by atoms with Crippen LogP contribution < -0.4 is 6.15 Å². The van der Waals surface area contributed by atoms with Crippen LogP contribution in [-0.4, -0.2) is 43.2 Å². The van der Waals surface area contributed by atoms with Crippen molar-refractivity contribution in [3.63, 3.8) is 0 Å². The van der Waals surface area contributed by atoms with E-state index in [-0.39, 0.29) is 61.8 Å². The molecule has 2 nitrogen and oxygen atoms in total. The summed E-state index contributed by atoms with van der Waals surface area (Å²) >= 11 is 0. The Balaban J connectivity index is 0. The Kier molecular flexibility index (Phi) is 315. The van der Waals surface area contributed by atoms with E-state index in [1.807, 2.05) is 0 Å². The zero-order valence-corrected chi connectivity index (χ0v) is 2.43. The monoisotopic (exact) mass is 113 g/mol. The maximum atomic E-state index is 0. The molecule has 28 valence electrons. The maximum absolute atomic E-state index is 0. The molecule has 0 rings (SSSR count). The standard InChI is InChI=1S/Ca.ClH.H3N.H2O.2H/h;1H;1H3;1H2;;. The van der Waals surface area contributed by atoms with Crippen LogP contribution in [0.5, 0.6) is 0 Å². The minimum absolute atomic E-state index is 0. The van der Waals surface area contributed by atoms with Crippen molar-refractivity contribution in [2.75, 3.05) is 0 Å². The first-order chi connectivity index (χ1) is 0. The predicted molar refractivity (Wildman–Crippen MR) is 24.4 cm³/mol. The fourth-order valence-corrected chi connectivity index (χ4v) is 0. The molecule has 0 saturated carbocycles. The van der Waals surface area contributed by atoms with Gasteiger partial charge in [-0.3, -0.25) is 0 Å². The molecule has 4 heteroatoms. The first-order valence-electron chi connectivity index (χ1n) is 0. The molecule has 0 radical (unpaired) electrons. The summed E-state index contributed by atoms with van der Waals surface area (Å²) in [4.78, 5) is 0. The van der Waals surface area contributed by atoms with Crippen LogP contribution in [0.3, 0.4) is 0 Å². The number of rotatable bonds is 0. The van der Waals surface area contributed by atoms with Gasteiger partial charge in [-0.15, -0.1) is 12.4 Å². The van der Waals surface area contributed by atoms with Crippen molar-refractivity contribution in [1.82, 2.24) is 6.15 Å². The van der Waals surface area contributed by atoms with Gasteiger partial charge in [0.05, 0.1) is 0 Å². The SMILES string of the molecule is Cl.N.O.[CaH2]. The van der Waals surface area contributed by atoms with Gasteiger partial charge in [-0.25, -0.2) is 0 Å². The number of hydrogen-bond acceptors (Lipinski definition) is 1. The average molecular weight is 114 g/mol. The molecule has 0 heterocycles. The molecule has 0 atom stereocenters. The van der Waals surface area contributed by atoms with Gasteiger partial charge in [0, 0.05) is 0 Å². The van der Waals surface area contributed by atoms with Crippen LogP contribution >= 0.6 is 12.4 Å². The summed E-state index contributed by atoms with van der Waals surface area (Å²) < 4.78 is 0. The summed E-state index contributed by atoms with van der Waals surface area (Å²) in [6.45, 7) is 0. The Morgan fingerprint density at radius 1 is 1.00 bits per heavy atom. The van der Waals surface area contributed by atoms with Crippen molar-refractivity contribution in [3.05, 3.63) is 0 Å². The van der Waals surface area contributed by atoms with E-state index in [4.69, 9.17) is 0 Å². The minimum atomic E-state index is 0. The summed E-state index contributed by atoms with van der Waals surface area (Å²) in [5.74, 6) is 0. The van der Waals surface area contributed by atoms with Crippen molar-refractivity contribution < 1.29 is 5.48 Å². The second-order valence-electron chi connectivity index (χ2n) is 0. The molecular formula is H8CaClNO. The molecule has 0 aliphatic carbocycles. The van der Waals surface area contributed by atoms with Gasteiger partial charge in [0.25, 0.3) is 0 Å². The first kappa shape index (κ1) is 50.6. The van der Waals surface area contributed by atoms with Crippen molar-refractivity contribution >= 4 is 50.1 Å². The molecule has 5 N–H and O–H groups in total. The van der Waals surface area contributed by atoms with Crippen LogP contribution in [0.1, 0.15) is 0 Å². The van der Waals surface area contributed by atoms with Gasteiger partial charge in [0.2, 0.25) is 0 Å². The van der Waals surface area contributed by atoms with E-state index < -0.39 is 0 Å². The molecule has 0 aromatic heterocycles. The zero-order chi connectivity index (χ0) is 0. The molecule has 0 unspecified atom stereocenters. The molecule has 0 spiro atoms. The van der Waals surface area contributed by atoms with E-state index in [0.717, 1.165) is 0 Å². The van der Waals surface area contributed by atoms with Crippen LogP contribution in [0, 0.1) is 0 Å². The van der Waals surface area contributed by atoms with Gasteiger partial charge in [0.1, 0.15) is 0 Å². The quantitative estimate of drug-likeness (QED) is 0.396. The van der Waals surface area contributed by atoms with Crippen molar-refractivity contribution in [1.29, 1.82) is 0 Å². The Hall–Kier alpha value is 1.47. The van der Waals surface area contributed by atoms with Gasteiger partial charge >= 0.3 is 37.7 Å². The number of hydrogen-bond donors (Lipinski definition) is 1. The molecule has 0 fully saturated rings. The third-order valence-corrected chi connectivity index (χ3v) is 0. The van der Waals surface area contributed by atoms with E-state index >= 15 is 0 Å². The molecule has 0 saturated heterocycles. The Morgan fingerprint density at radius 3 is 1.00 bits per heavy atom. The fourth-order valence-electron chi connectivity index (χ4n) is 0. The van der Waals surface area contributed by atoms with Crippen molar-refractivity contribution in [2.24, 2.45) is 0 Å². The summed E-state index contributed by atoms with van der Waals surface area (Å²) in [5.41, 5.74) is 0. The van der Waals surface area contributed by atoms with Gasteiger partial charge in [0.15, 0.2) is 0 Å². The molecular weight excluding hydrogens is 106 g/mol. The van der Waals surface area contributed by atoms with E-state index in [1.165, 1.54) is 0 Å². The summed E-state index contributed by atoms with van der Waals surface area (Å²) in [7, 11) is 0. The van der Waals surface area contributed by atoms with Crippen LogP contribution in [0.25, 0.3) is 0 Å². The van der Waals surface area contributed by atoms with Crippen molar-refractivity contribution in [2.45, 2.75) is 0 Å². The summed E-state index contributed by atoms with van der Waals surface area (Å²) in [6.07, 6.45) is 0. The van der Waals surface area contributed by atoms with Crippen molar-refractivity contribution in [3.8, 4) is 0 Å². The van der Waals surface area contributed by atoms with Crippen LogP contribution in [0.4, 0.5) is 0 Å². The van der Waals surface area contributed by atoms with Crippen LogP contribution in [0.2, 0.25) is 0 Å². The molecule has 0 amide bonds. The molecule has 0 aromatic rings. The normalized spacial score (nSPS) is 0. The van der Waals surface area contributed by atoms with Gasteiger partial charge in [-0.05, 0) is 0 Å². The third kappa shape index (κ3) is 9.80. The van der Waals surface area contributed by atoms with E-state index in [0.29, 0.717) is 0 Å².